The first-order valence-electron chi connectivity index (χ1n) is 27.9. The minimum Gasteiger partial charge on any atom is -0.369 e. The zero-order valence-electron chi connectivity index (χ0n) is 44.6. The van der Waals surface area contributed by atoms with Gasteiger partial charge in [-0.3, -0.25) is 14.7 Å². The summed E-state index contributed by atoms with van der Waals surface area (Å²) in [6.07, 6.45) is 4.02. The van der Waals surface area contributed by atoms with E-state index in [1.165, 1.54) is 11.3 Å². The summed E-state index contributed by atoms with van der Waals surface area (Å²) in [6.45, 7) is 19.4. The molecule has 0 bridgehead atoms. The van der Waals surface area contributed by atoms with E-state index in [9.17, 15) is 5.26 Å². The molecule has 9 aromatic rings. The minimum atomic E-state index is 0.598. The SMILES string of the molecule is Cc1cccc(N2CCN(CCC[n+]3c4cc(-n5nc6ccccc6[n+]5CCCN5CCN(c6cccc(Cl)c6Cl)CC5)ccc4nn3-c3ccc4nnn(CCCCN5CCN(c6cccc(C#N)c6)CC5)c4c3)CC2)c1. The highest BCUT2D eigenvalue weighted by atomic mass is 35.5. The smallest absolute Gasteiger partial charge is 0.249 e. The van der Waals surface area contributed by atoms with E-state index in [-0.39, 0.29) is 0 Å². The average molecular weight is 1080 g/mol. The van der Waals surface area contributed by atoms with Crippen molar-refractivity contribution in [2.75, 3.05) is 113 Å². The Balaban J connectivity index is 0.763. The van der Waals surface area contributed by atoms with Crippen LogP contribution < -0.4 is 24.1 Å². The number of hydrogen-bond acceptors (Lipinski definition) is 11. The van der Waals surface area contributed by atoms with Gasteiger partial charge in [-0.2, -0.15) is 5.26 Å². The molecule has 6 aromatic carbocycles. The molecule has 3 aliphatic rings. The Morgan fingerprint density at radius 3 is 1.74 bits per heavy atom. The van der Waals surface area contributed by atoms with Crippen molar-refractivity contribution in [2.45, 2.75) is 52.2 Å². The van der Waals surface area contributed by atoms with E-state index < -0.39 is 0 Å². The molecule has 3 fully saturated rings. The third kappa shape index (κ3) is 11.3. The number of para-hydroxylation sites is 1. The highest BCUT2D eigenvalue weighted by Crippen LogP contribution is 2.33. The molecule has 18 heteroatoms. The van der Waals surface area contributed by atoms with Crippen molar-refractivity contribution < 1.29 is 9.36 Å². The predicted molar refractivity (Wildman–Crippen MR) is 310 cm³/mol. The number of aryl methyl sites for hydroxylation is 4. The Hall–Kier alpha value is -7.13. The van der Waals surface area contributed by atoms with Crippen LogP contribution in [0.1, 0.15) is 36.8 Å². The van der Waals surface area contributed by atoms with Crippen molar-refractivity contribution in [1.82, 2.24) is 49.5 Å². The summed E-state index contributed by atoms with van der Waals surface area (Å²) in [5, 5.41) is 30.5. The van der Waals surface area contributed by atoms with Gasteiger partial charge in [-0.15, -0.1) is 14.5 Å². The molecule has 12 rings (SSSR count). The van der Waals surface area contributed by atoms with Gasteiger partial charge in [0, 0.05) is 116 Å². The maximum atomic E-state index is 9.39. The van der Waals surface area contributed by atoms with E-state index >= 15 is 0 Å². The molecule has 0 atom stereocenters. The number of unbranched alkanes of at least 4 members (excludes halogenated alkanes) is 1. The van der Waals surface area contributed by atoms with E-state index in [0.717, 1.165) is 199 Å². The van der Waals surface area contributed by atoms with Crippen LogP contribution in [0.15, 0.2) is 127 Å². The summed E-state index contributed by atoms with van der Waals surface area (Å²) in [5.41, 5.74) is 13.4. The second-order valence-electron chi connectivity index (χ2n) is 21.1. The second kappa shape index (κ2) is 23.5. The van der Waals surface area contributed by atoms with Crippen LogP contribution in [0.5, 0.6) is 0 Å². The summed E-state index contributed by atoms with van der Waals surface area (Å²) in [6, 6.07) is 46.5. The van der Waals surface area contributed by atoms with Crippen LogP contribution in [-0.2, 0) is 19.6 Å². The number of anilines is 3. The third-order valence-electron chi connectivity index (χ3n) is 16.1. The molecule has 0 spiro atoms. The lowest BCUT2D eigenvalue weighted by atomic mass is 10.2. The van der Waals surface area contributed by atoms with Gasteiger partial charge in [0.2, 0.25) is 22.1 Å². The van der Waals surface area contributed by atoms with E-state index in [0.29, 0.717) is 15.6 Å². The molecule has 3 aliphatic heterocycles. The van der Waals surface area contributed by atoms with E-state index in [4.69, 9.17) is 33.4 Å². The molecule has 78 heavy (non-hydrogen) atoms. The Morgan fingerprint density at radius 1 is 0.500 bits per heavy atom. The number of halogens is 2. The minimum absolute atomic E-state index is 0.598. The Kier molecular flexibility index (Phi) is 15.5. The molecule has 0 N–H and O–H groups in total. The number of piperazine rings is 3. The normalized spacial score (nSPS) is 16.1. The molecule has 3 aromatic heterocycles. The van der Waals surface area contributed by atoms with Gasteiger partial charge in [0.25, 0.3) is 0 Å². The molecule has 0 unspecified atom stereocenters. The maximum absolute atomic E-state index is 9.39. The fourth-order valence-corrected chi connectivity index (χ4v) is 12.2. The molecular weight excluding hydrogens is 1020 g/mol. The summed E-state index contributed by atoms with van der Waals surface area (Å²) in [7, 11) is 0. The molecule has 0 aliphatic carbocycles. The van der Waals surface area contributed by atoms with Crippen molar-refractivity contribution in [3.8, 4) is 17.4 Å². The van der Waals surface area contributed by atoms with E-state index in [1.807, 2.05) is 30.3 Å². The monoisotopic (exact) mass is 1080 g/mol. The Bertz CT molecular complexity index is 3580. The first-order valence-corrected chi connectivity index (χ1v) is 28.6. The summed E-state index contributed by atoms with van der Waals surface area (Å²) in [4.78, 5) is 19.2. The first-order chi connectivity index (χ1) is 38.3. The van der Waals surface area contributed by atoms with Gasteiger partial charge in [-0.25, -0.2) is 4.68 Å². The van der Waals surface area contributed by atoms with Gasteiger partial charge in [-0.1, -0.05) is 64.8 Å². The van der Waals surface area contributed by atoms with Gasteiger partial charge in [0.1, 0.15) is 30.0 Å². The topological polar surface area (TPSA) is 117 Å². The van der Waals surface area contributed by atoms with Crippen molar-refractivity contribution in [3.63, 3.8) is 0 Å². The van der Waals surface area contributed by atoms with Crippen LogP contribution in [0, 0.1) is 18.3 Å². The van der Waals surface area contributed by atoms with Crippen molar-refractivity contribution in [1.29, 1.82) is 5.26 Å². The molecule has 0 saturated carbocycles. The number of hydrogen-bond donors (Lipinski definition) is 0. The van der Waals surface area contributed by atoms with Crippen molar-refractivity contribution >= 4 is 73.4 Å². The first kappa shape index (κ1) is 51.6. The molecule has 0 amide bonds. The van der Waals surface area contributed by atoms with Crippen LogP contribution in [-0.4, -0.2) is 148 Å². The Labute approximate surface area is 466 Å². The van der Waals surface area contributed by atoms with E-state index in [2.05, 4.69) is 173 Å². The quantitative estimate of drug-likeness (QED) is 0.0612. The number of aromatic nitrogens is 9. The molecule has 6 heterocycles. The fourth-order valence-electron chi connectivity index (χ4n) is 11.8. The largest absolute Gasteiger partial charge is 0.369 e. The molecule has 3 saturated heterocycles. The van der Waals surface area contributed by atoms with Gasteiger partial charge in [-0.05, 0) is 139 Å². The standard InChI is InChI=1S/C60H68Cl2N16/c1-46-11-6-13-48(41-46)71-35-31-69(32-36-71)25-10-28-76-59-44-51(77-65-54-16-2-3-17-56(54)75(77)27-9-24-70-33-39-73(40-34-70)57-18-8-15-52(61)60(57)62)20-22-55(59)66-78(76)50-19-21-53-58(43-50)74(67-64-53)26-5-4-23-68-29-37-72(38-30-68)49-14-7-12-47(42-49)45-63/h2-3,6-8,11-22,41-44H,4-5,9-10,23-40H2,1H3/q+2. The summed E-state index contributed by atoms with van der Waals surface area (Å²) >= 11 is 13.0. The van der Waals surface area contributed by atoms with Crippen LogP contribution in [0.25, 0.3) is 44.5 Å². The summed E-state index contributed by atoms with van der Waals surface area (Å²) < 4.78 is 6.77. The lowest BCUT2D eigenvalue weighted by Crippen LogP contribution is -2.49. The van der Waals surface area contributed by atoms with Crippen LogP contribution in [0.3, 0.4) is 0 Å². The molecule has 400 valence electrons. The molecule has 0 radical (unpaired) electrons. The zero-order chi connectivity index (χ0) is 53.0. The lowest BCUT2D eigenvalue weighted by Gasteiger charge is -2.36. The van der Waals surface area contributed by atoms with Gasteiger partial charge in [0.05, 0.1) is 43.1 Å². The lowest BCUT2D eigenvalue weighted by molar-refractivity contribution is -0.750. The maximum Gasteiger partial charge on any atom is 0.249 e. The number of nitriles is 1. The molecular formula is C60H68Cl2N16+2. The van der Waals surface area contributed by atoms with Gasteiger partial charge >= 0.3 is 0 Å². The predicted octanol–water partition coefficient (Wildman–Crippen LogP) is 8.20. The Morgan fingerprint density at radius 2 is 1.06 bits per heavy atom. The number of nitrogens with zero attached hydrogens (tertiary/aromatic N) is 16. The van der Waals surface area contributed by atoms with Crippen molar-refractivity contribution in [2.24, 2.45) is 0 Å². The van der Waals surface area contributed by atoms with Gasteiger partial charge < -0.3 is 14.7 Å². The second-order valence-corrected chi connectivity index (χ2v) is 21.9. The third-order valence-corrected chi connectivity index (χ3v) is 16.9. The molecule has 16 nitrogen and oxygen atoms in total. The zero-order valence-corrected chi connectivity index (χ0v) is 46.1. The number of fused-ring (bicyclic) bond motifs is 3. The fraction of sp³-hybridized carbons (Fsp3) is 0.383. The van der Waals surface area contributed by atoms with Crippen molar-refractivity contribution in [3.05, 3.63) is 149 Å². The number of rotatable bonds is 18. The van der Waals surface area contributed by atoms with Gasteiger partial charge in [0.15, 0.2) is 0 Å². The van der Waals surface area contributed by atoms with Crippen LogP contribution >= 0.6 is 23.2 Å². The highest BCUT2D eigenvalue weighted by molar-refractivity contribution is 6.43. The van der Waals surface area contributed by atoms with Crippen LogP contribution in [0.4, 0.5) is 17.1 Å². The highest BCUT2D eigenvalue weighted by Gasteiger charge is 2.28. The summed E-state index contributed by atoms with van der Waals surface area (Å²) in [5.74, 6) is 0. The van der Waals surface area contributed by atoms with Crippen LogP contribution in [0.2, 0.25) is 10.0 Å². The average Bonchev–Trinajstić information content (AvgIpc) is 4.34. The number of benzene rings is 6. The van der Waals surface area contributed by atoms with E-state index in [1.54, 1.807) is 0 Å².